The molecular weight excluding hydrogens is 340 g/mol. The fourth-order valence-corrected chi connectivity index (χ4v) is 2.93. The second kappa shape index (κ2) is 8.26. The van der Waals surface area contributed by atoms with Gasteiger partial charge in [-0.05, 0) is 60.5 Å². The van der Waals surface area contributed by atoms with E-state index in [2.05, 4.69) is 64.4 Å². The quantitative estimate of drug-likeness (QED) is 0.640. The average Bonchev–Trinajstić information content (AvgIpc) is 3.12. The van der Waals surface area contributed by atoms with Crippen LogP contribution in [0.15, 0.2) is 48.8 Å². The summed E-state index contributed by atoms with van der Waals surface area (Å²) in [7, 11) is 1.68. The minimum atomic E-state index is -0.168. The minimum Gasteiger partial charge on any atom is -0.497 e. The van der Waals surface area contributed by atoms with Gasteiger partial charge in [-0.2, -0.15) is 0 Å². The molecule has 27 heavy (non-hydrogen) atoms. The van der Waals surface area contributed by atoms with Crippen LogP contribution < -0.4 is 4.74 Å². The molecule has 2 aromatic heterocycles. The van der Waals surface area contributed by atoms with Crippen LogP contribution in [0.25, 0.3) is 0 Å². The van der Waals surface area contributed by atoms with Gasteiger partial charge in [0.1, 0.15) is 5.75 Å². The molecular formula is C20H26N6O. The Balaban J connectivity index is 1.82. The number of rotatable bonds is 7. The maximum atomic E-state index is 5.26. The maximum Gasteiger partial charge on any atom is 0.165 e. The number of benzene rings is 1. The third-order valence-electron chi connectivity index (χ3n) is 4.23. The summed E-state index contributed by atoms with van der Waals surface area (Å²) in [5, 5.41) is 12.3. The summed E-state index contributed by atoms with van der Waals surface area (Å²) < 4.78 is 7.14. The van der Waals surface area contributed by atoms with Crippen molar-refractivity contribution >= 4 is 0 Å². The van der Waals surface area contributed by atoms with Crippen molar-refractivity contribution in [2.45, 2.75) is 45.9 Å². The van der Waals surface area contributed by atoms with Crippen molar-refractivity contribution in [1.82, 2.24) is 30.1 Å². The minimum absolute atomic E-state index is 0.168. The molecule has 0 saturated carbocycles. The first-order valence-electron chi connectivity index (χ1n) is 8.97. The molecule has 0 aliphatic rings. The van der Waals surface area contributed by atoms with Crippen LogP contribution in [-0.2, 0) is 25.2 Å². The first kappa shape index (κ1) is 19.0. The number of hydrogen-bond donors (Lipinski definition) is 0. The normalized spacial score (nSPS) is 11.7. The zero-order chi connectivity index (χ0) is 19.3. The van der Waals surface area contributed by atoms with Crippen LogP contribution >= 0.6 is 0 Å². The number of ether oxygens (including phenoxy) is 1. The summed E-state index contributed by atoms with van der Waals surface area (Å²) in [4.78, 5) is 6.54. The third kappa shape index (κ3) is 5.10. The van der Waals surface area contributed by atoms with Gasteiger partial charge in [-0.25, -0.2) is 4.68 Å². The molecule has 3 rings (SSSR count). The van der Waals surface area contributed by atoms with Gasteiger partial charge in [0.25, 0.3) is 0 Å². The van der Waals surface area contributed by atoms with E-state index in [1.54, 1.807) is 13.3 Å². The summed E-state index contributed by atoms with van der Waals surface area (Å²) in [6.45, 7) is 8.48. The largest absolute Gasteiger partial charge is 0.497 e. The number of methoxy groups -OCH3 is 1. The molecule has 0 atom stereocenters. The predicted molar refractivity (Wildman–Crippen MR) is 103 cm³/mol. The van der Waals surface area contributed by atoms with E-state index in [-0.39, 0.29) is 5.54 Å². The van der Waals surface area contributed by atoms with Gasteiger partial charge in [-0.1, -0.05) is 18.2 Å². The Kier molecular flexibility index (Phi) is 5.81. The Morgan fingerprint density at radius 2 is 1.74 bits per heavy atom. The molecule has 0 saturated heterocycles. The maximum absolute atomic E-state index is 5.26. The number of aromatic nitrogens is 5. The van der Waals surface area contributed by atoms with E-state index in [1.807, 2.05) is 29.1 Å². The van der Waals surface area contributed by atoms with Crippen molar-refractivity contribution < 1.29 is 4.74 Å². The van der Waals surface area contributed by atoms with E-state index >= 15 is 0 Å². The van der Waals surface area contributed by atoms with Crippen LogP contribution in [-0.4, -0.2) is 37.2 Å². The first-order valence-corrected chi connectivity index (χ1v) is 8.97. The lowest BCUT2D eigenvalue weighted by molar-refractivity contribution is 0.224. The predicted octanol–water partition coefficient (Wildman–Crippen LogP) is 3.03. The molecule has 0 unspecified atom stereocenters. The smallest absolute Gasteiger partial charge is 0.165 e. The monoisotopic (exact) mass is 366 g/mol. The lowest BCUT2D eigenvalue weighted by Gasteiger charge is -2.25. The number of tetrazole rings is 1. The van der Waals surface area contributed by atoms with E-state index in [0.717, 1.165) is 30.2 Å². The SMILES string of the molecule is COc1ccc(CN(Cc2cccnc2)Cc2nnnn2C(C)(C)C)cc1. The molecule has 0 spiro atoms. The second-order valence-corrected chi connectivity index (χ2v) is 7.53. The van der Waals surface area contributed by atoms with E-state index in [1.165, 1.54) is 5.56 Å². The van der Waals surface area contributed by atoms with E-state index < -0.39 is 0 Å². The Morgan fingerprint density at radius 3 is 2.37 bits per heavy atom. The van der Waals surface area contributed by atoms with Gasteiger partial charge in [-0.3, -0.25) is 9.88 Å². The summed E-state index contributed by atoms with van der Waals surface area (Å²) in [6.07, 6.45) is 3.69. The molecule has 2 heterocycles. The Hall–Kier alpha value is -2.80. The molecule has 7 heteroatoms. The van der Waals surface area contributed by atoms with Gasteiger partial charge in [0.2, 0.25) is 0 Å². The number of hydrogen-bond acceptors (Lipinski definition) is 6. The van der Waals surface area contributed by atoms with Crippen LogP contribution in [0.3, 0.4) is 0 Å². The van der Waals surface area contributed by atoms with Crippen molar-refractivity contribution in [2.24, 2.45) is 0 Å². The Morgan fingerprint density at radius 1 is 1.00 bits per heavy atom. The average molecular weight is 366 g/mol. The molecule has 0 fully saturated rings. The Bertz CT molecular complexity index is 839. The van der Waals surface area contributed by atoms with Gasteiger partial charge >= 0.3 is 0 Å². The van der Waals surface area contributed by atoms with Gasteiger partial charge in [0.15, 0.2) is 5.82 Å². The zero-order valence-corrected chi connectivity index (χ0v) is 16.3. The van der Waals surface area contributed by atoms with Crippen LogP contribution in [0.1, 0.15) is 37.7 Å². The first-order chi connectivity index (χ1) is 13.0. The van der Waals surface area contributed by atoms with E-state index in [0.29, 0.717) is 6.54 Å². The summed E-state index contributed by atoms with van der Waals surface area (Å²) >= 11 is 0. The van der Waals surface area contributed by atoms with Crippen molar-refractivity contribution in [3.05, 3.63) is 65.7 Å². The number of nitrogens with zero attached hydrogens (tertiary/aromatic N) is 6. The second-order valence-electron chi connectivity index (χ2n) is 7.53. The number of pyridine rings is 1. The van der Waals surface area contributed by atoms with Crippen LogP contribution in [0.4, 0.5) is 0 Å². The van der Waals surface area contributed by atoms with Crippen molar-refractivity contribution in [1.29, 1.82) is 0 Å². The molecule has 0 radical (unpaired) electrons. The Labute approximate surface area is 160 Å². The van der Waals surface area contributed by atoms with E-state index in [4.69, 9.17) is 4.74 Å². The highest BCUT2D eigenvalue weighted by Gasteiger charge is 2.21. The fraction of sp³-hybridized carbons (Fsp3) is 0.400. The van der Waals surface area contributed by atoms with Crippen molar-refractivity contribution in [3.63, 3.8) is 0 Å². The van der Waals surface area contributed by atoms with Crippen LogP contribution in [0, 0.1) is 0 Å². The lowest BCUT2D eigenvalue weighted by atomic mass is 10.1. The summed E-state index contributed by atoms with van der Waals surface area (Å²) in [6, 6.07) is 12.2. The molecule has 0 bridgehead atoms. The lowest BCUT2D eigenvalue weighted by Crippen LogP contribution is -2.30. The van der Waals surface area contributed by atoms with Crippen molar-refractivity contribution in [3.8, 4) is 5.75 Å². The standard InChI is InChI=1S/C20H26N6O/c1-20(2,3)26-19(22-23-24-26)15-25(14-17-6-5-11-21-12-17)13-16-7-9-18(27-4)10-8-16/h5-12H,13-15H2,1-4H3. The van der Waals surface area contributed by atoms with Crippen molar-refractivity contribution in [2.75, 3.05) is 7.11 Å². The summed E-state index contributed by atoms with van der Waals surface area (Å²) in [5.41, 5.74) is 2.19. The fourth-order valence-electron chi connectivity index (χ4n) is 2.93. The zero-order valence-electron chi connectivity index (χ0n) is 16.3. The molecule has 142 valence electrons. The third-order valence-corrected chi connectivity index (χ3v) is 4.23. The van der Waals surface area contributed by atoms with Gasteiger partial charge < -0.3 is 4.74 Å². The highest BCUT2D eigenvalue weighted by molar-refractivity contribution is 5.27. The van der Waals surface area contributed by atoms with Crippen LogP contribution in [0.5, 0.6) is 5.75 Å². The molecule has 0 aliphatic heterocycles. The molecule has 0 aliphatic carbocycles. The van der Waals surface area contributed by atoms with E-state index in [9.17, 15) is 0 Å². The van der Waals surface area contributed by atoms with Crippen LogP contribution in [0.2, 0.25) is 0 Å². The summed E-state index contributed by atoms with van der Waals surface area (Å²) in [5.74, 6) is 1.70. The topological polar surface area (TPSA) is 69.0 Å². The van der Waals surface area contributed by atoms with Gasteiger partial charge in [0.05, 0.1) is 19.2 Å². The van der Waals surface area contributed by atoms with Gasteiger partial charge in [-0.15, -0.1) is 5.10 Å². The highest BCUT2D eigenvalue weighted by atomic mass is 16.5. The molecule has 0 amide bonds. The highest BCUT2D eigenvalue weighted by Crippen LogP contribution is 2.18. The molecule has 1 aromatic carbocycles. The molecule has 7 nitrogen and oxygen atoms in total. The van der Waals surface area contributed by atoms with Gasteiger partial charge in [0, 0.05) is 25.5 Å². The molecule has 0 N–H and O–H groups in total. The molecule has 3 aromatic rings.